The third kappa shape index (κ3) is 7.66. The summed E-state index contributed by atoms with van der Waals surface area (Å²) in [4.78, 5) is 10.1. The Morgan fingerprint density at radius 1 is 1.19 bits per heavy atom. The summed E-state index contributed by atoms with van der Waals surface area (Å²) < 4.78 is 26.9. The molecule has 1 heterocycles. The fourth-order valence-corrected chi connectivity index (χ4v) is 4.02. The molecule has 7 nitrogen and oxygen atoms in total. The second kappa shape index (κ2) is 10.4. The van der Waals surface area contributed by atoms with Crippen LogP contribution in [0.4, 0.5) is 0 Å². The fourth-order valence-electron chi connectivity index (χ4n) is 2.26. The number of thiazole rings is 1. The van der Waals surface area contributed by atoms with Crippen LogP contribution < -0.4 is 15.4 Å². The molecule has 0 fully saturated rings. The number of guanidine groups is 1. The van der Waals surface area contributed by atoms with Crippen molar-refractivity contribution in [2.75, 3.05) is 18.8 Å². The molecule has 0 aliphatic carbocycles. The average Bonchev–Trinajstić information content (AvgIpc) is 2.97. The zero-order chi connectivity index (χ0) is 19.7. The molecular weight excluding hydrogens is 382 g/mol. The summed E-state index contributed by atoms with van der Waals surface area (Å²) in [6.45, 7) is 7.71. The van der Waals surface area contributed by atoms with Gasteiger partial charge in [-0.15, -0.1) is 11.3 Å². The first-order chi connectivity index (χ1) is 12.9. The molecular formula is C18H27N5O2S2. The van der Waals surface area contributed by atoms with Crippen molar-refractivity contribution in [2.45, 2.75) is 33.9 Å². The van der Waals surface area contributed by atoms with Crippen molar-refractivity contribution in [3.8, 4) is 0 Å². The number of nitrogens with zero attached hydrogens (tertiary/aromatic N) is 2. The van der Waals surface area contributed by atoms with Crippen molar-refractivity contribution in [1.82, 2.24) is 20.3 Å². The van der Waals surface area contributed by atoms with Crippen molar-refractivity contribution in [1.29, 1.82) is 0 Å². The van der Waals surface area contributed by atoms with Crippen molar-refractivity contribution in [3.05, 3.63) is 51.5 Å². The summed E-state index contributed by atoms with van der Waals surface area (Å²) in [5.41, 5.74) is 1.96. The minimum Gasteiger partial charge on any atom is -0.357 e. The van der Waals surface area contributed by atoms with Crippen molar-refractivity contribution in [3.63, 3.8) is 0 Å². The molecule has 1 aromatic heterocycles. The molecule has 0 bridgehead atoms. The summed E-state index contributed by atoms with van der Waals surface area (Å²) in [5, 5.41) is 7.13. The molecule has 0 unspecified atom stereocenters. The van der Waals surface area contributed by atoms with Gasteiger partial charge in [0.25, 0.3) is 0 Å². The van der Waals surface area contributed by atoms with Gasteiger partial charge in [-0.2, -0.15) is 0 Å². The molecule has 2 rings (SSSR count). The van der Waals surface area contributed by atoms with E-state index in [1.165, 1.54) is 4.88 Å². The monoisotopic (exact) mass is 409 g/mol. The topological polar surface area (TPSA) is 95.5 Å². The SMILES string of the molecule is CCNC(=NCc1nc(C)c(C)s1)NCCS(=O)(=O)NCc1ccccc1. The van der Waals surface area contributed by atoms with Gasteiger partial charge >= 0.3 is 0 Å². The smallest absolute Gasteiger partial charge is 0.213 e. The molecule has 0 aliphatic rings. The fraction of sp³-hybridized carbons (Fsp3) is 0.444. The van der Waals surface area contributed by atoms with Gasteiger partial charge in [0.05, 0.1) is 18.0 Å². The van der Waals surface area contributed by atoms with Crippen LogP contribution >= 0.6 is 11.3 Å². The average molecular weight is 410 g/mol. The molecule has 0 saturated carbocycles. The van der Waals surface area contributed by atoms with Crippen LogP contribution in [0.2, 0.25) is 0 Å². The first-order valence-electron chi connectivity index (χ1n) is 8.86. The normalized spacial score (nSPS) is 12.2. The number of hydrogen-bond donors (Lipinski definition) is 3. The van der Waals surface area contributed by atoms with E-state index < -0.39 is 10.0 Å². The number of aryl methyl sites for hydroxylation is 2. The molecule has 3 N–H and O–H groups in total. The van der Waals surface area contributed by atoms with Crippen LogP contribution in [0.15, 0.2) is 35.3 Å². The number of sulfonamides is 1. The highest BCUT2D eigenvalue weighted by atomic mass is 32.2. The standard InChI is InChI=1S/C18H27N5O2S2/c1-4-19-18(21-13-17-23-14(2)15(3)26-17)20-10-11-27(24,25)22-12-16-8-6-5-7-9-16/h5-9,22H,4,10-13H2,1-3H3,(H2,19,20,21). The van der Waals surface area contributed by atoms with Crippen LogP contribution in [0.1, 0.15) is 28.1 Å². The quantitative estimate of drug-likeness (QED) is 0.434. The van der Waals surface area contributed by atoms with E-state index in [1.807, 2.05) is 51.1 Å². The number of aliphatic imine (C=N–C) groups is 1. The maximum atomic E-state index is 12.1. The van der Waals surface area contributed by atoms with Gasteiger partial charge in [-0.25, -0.2) is 23.1 Å². The van der Waals surface area contributed by atoms with Gasteiger partial charge in [-0.1, -0.05) is 30.3 Å². The van der Waals surface area contributed by atoms with Gasteiger partial charge in [-0.3, -0.25) is 0 Å². The van der Waals surface area contributed by atoms with Gasteiger partial charge in [0.1, 0.15) is 5.01 Å². The van der Waals surface area contributed by atoms with E-state index >= 15 is 0 Å². The van der Waals surface area contributed by atoms with Gasteiger partial charge in [0.2, 0.25) is 10.0 Å². The Bertz CT molecular complexity index is 828. The van der Waals surface area contributed by atoms with E-state index in [1.54, 1.807) is 11.3 Å². The van der Waals surface area contributed by atoms with Crippen molar-refractivity contribution in [2.24, 2.45) is 4.99 Å². The van der Waals surface area contributed by atoms with Crippen LogP contribution in [0.25, 0.3) is 0 Å². The van der Waals surface area contributed by atoms with E-state index in [-0.39, 0.29) is 12.3 Å². The molecule has 0 radical (unpaired) electrons. The first-order valence-corrected chi connectivity index (χ1v) is 11.3. The highest BCUT2D eigenvalue weighted by Crippen LogP contribution is 2.16. The summed E-state index contributed by atoms with van der Waals surface area (Å²) >= 11 is 1.63. The first kappa shape index (κ1) is 21.3. The lowest BCUT2D eigenvalue weighted by Crippen LogP contribution is -2.41. The van der Waals surface area contributed by atoms with E-state index in [2.05, 4.69) is 25.3 Å². The maximum absolute atomic E-state index is 12.1. The molecule has 1 aromatic carbocycles. The molecule has 9 heteroatoms. The zero-order valence-electron chi connectivity index (χ0n) is 15.9. The molecule has 0 aliphatic heterocycles. The van der Waals surface area contributed by atoms with Crippen LogP contribution in [0.5, 0.6) is 0 Å². The Morgan fingerprint density at radius 2 is 1.93 bits per heavy atom. The Hall–Kier alpha value is -1.97. The molecule has 148 valence electrons. The van der Waals surface area contributed by atoms with Gasteiger partial charge in [-0.05, 0) is 26.3 Å². The van der Waals surface area contributed by atoms with Crippen LogP contribution in [0, 0.1) is 13.8 Å². The number of nitrogens with one attached hydrogen (secondary N) is 3. The highest BCUT2D eigenvalue weighted by Gasteiger charge is 2.10. The molecule has 0 atom stereocenters. The maximum Gasteiger partial charge on any atom is 0.213 e. The molecule has 2 aromatic rings. The zero-order valence-corrected chi connectivity index (χ0v) is 17.6. The number of rotatable bonds is 9. The summed E-state index contributed by atoms with van der Waals surface area (Å²) in [6.07, 6.45) is 0. The van der Waals surface area contributed by atoms with Gasteiger partial charge in [0, 0.05) is 24.5 Å². The molecule has 0 spiro atoms. The Balaban J connectivity index is 1.82. The number of hydrogen-bond acceptors (Lipinski definition) is 5. The van der Waals surface area contributed by atoms with Crippen molar-refractivity contribution < 1.29 is 8.42 Å². The molecule has 0 amide bonds. The molecule has 0 saturated heterocycles. The minimum absolute atomic E-state index is 0.0281. The van der Waals surface area contributed by atoms with Gasteiger partial charge < -0.3 is 10.6 Å². The number of benzene rings is 1. The summed E-state index contributed by atoms with van der Waals surface area (Å²) in [5.74, 6) is 0.556. The van der Waals surface area contributed by atoms with E-state index in [4.69, 9.17) is 0 Å². The van der Waals surface area contributed by atoms with Crippen LogP contribution in [-0.4, -0.2) is 38.2 Å². The lowest BCUT2D eigenvalue weighted by molar-refractivity contribution is 0.580. The van der Waals surface area contributed by atoms with Crippen molar-refractivity contribution >= 4 is 27.3 Å². The highest BCUT2D eigenvalue weighted by molar-refractivity contribution is 7.89. The van der Waals surface area contributed by atoms with Gasteiger partial charge in [0.15, 0.2) is 5.96 Å². The minimum atomic E-state index is -3.37. The van der Waals surface area contributed by atoms with Crippen LogP contribution in [-0.2, 0) is 23.1 Å². The Kier molecular flexibility index (Phi) is 8.21. The van der Waals surface area contributed by atoms with E-state index in [0.29, 0.717) is 25.6 Å². The second-order valence-corrected chi connectivity index (χ2v) is 9.21. The predicted octanol–water partition coefficient (Wildman–Crippen LogP) is 1.93. The van der Waals surface area contributed by atoms with E-state index in [0.717, 1.165) is 16.3 Å². The number of aromatic nitrogens is 1. The third-order valence-corrected chi connectivity index (χ3v) is 6.18. The third-order valence-electron chi connectivity index (χ3n) is 3.79. The lowest BCUT2D eigenvalue weighted by Gasteiger charge is -2.12. The Labute approximate surface area is 165 Å². The summed E-state index contributed by atoms with van der Waals surface area (Å²) in [7, 11) is -3.37. The van der Waals surface area contributed by atoms with E-state index in [9.17, 15) is 8.42 Å². The lowest BCUT2D eigenvalue weighted by atomic mass is 10.2. The largest absolute Gasteiger partial charge is 0.357 e. The van der Waals surface area contributed by atoms with Crippen LogP contribution in [0.3, 0.4) is 0 Å². The summed E-state index contributed by atoms with van der Waals surface area (Å²) in [6, 6.07) is 9.45. The second-order valence-electron chi connectivity index (χ2n) is 6.00. The predicted molar refractivity (Wildman–Crippen MR) is 111 cm³/mol. The molecule has 27 heavy (non-hydrogen) atoms. The Morgan fingerprint density at radius 3 is 2.56 bits per heavy atom.